The molecule has 0 aliphatic carbocycles. The van der Waals surface area contributed by atoms with Gasteiger partial charge in [0.2, 0.25) is 0 Å². The van der Waals surface area contributed by atoms with Crippen LogP contribution in [-0.4, -0.2) is 11.3 Å². The van der Waals surface area contributed by atoms with Gasteiger partial charge in [-0.15, -0.1) is 0 Å². The van der Waals surface area contributed by atoms with E-state index in [2.05, 4.69) is 4.99 Å². The van der Waals surface area contributed by atoms with Crippen molar-refractivity contribution in [3.8, 4) is 5.75 Å². The molecule has 2 rings (SSSR count). The molecule has 0 amide bonds. The molecule has 1 N–H and O–H groups in total. The minimum Gasteiger partial charge on any atom is -0.508 e. The molecule has 0 aliphatic heterocycles. The molecule has 2 nitrogen and oxygen atoms in total. The molecule has 2 aromatic carbocycles. The van der Waals surface area contributed by atoms with E-state index >= 15 is 0 Å². The fourth-order valence-electron chi connectivity index (χ4n) is 1.32. The van der Waals surface area contributed by atoms with Crippen molar-refractivity contribution in [2.45, 2.75) is 0 Å². The standard InChI is InChI=1S/C13H9Cl2NO/c14-10-5-11(15)7-12(6-10)16-8-9-1-3-13(17)4-2-9/h1-8,17H. The third-order valence-corrected chi connectivity index (χ3v) is 2.54. The zero-order chi connectivity index (χ0) is 12.3. The lowest BCUT2D eigenvalue weighted by atomic mass is 10.2. The molecule has 17 heavy (non-hydrogen) atoms. The molecule has 0 saturated heterocycles. The summed E-state index contributed by atoms with van der Waals surface area (Å²) in [5.74, 6) is 0.230. The van der Waals surface area contributed by atoms with Gasteiger partial charge in [-0.2, -0.15) is 0 Å². The van der Waals surface area contributed by atoms with Gasteiger partial charge in [0.05, 0.1) is 5.69 Å². The maximum Gasteiger partial charge on any atom is 0.115 e. The molecule has 0 spiro atoms. The van der Waals surface area contributed by atoms with Crippen LogP contribution in [0, 0.1) is 0 Å². The van der Waals surface area contributed by atoms with Crippen molar-refractivity contribution in [1.29, 1.82) is 0 Å². The molecular weight excluding hydrogens is 257 g/mol. The fourth-order valence-corrected chi connectivity index (χ4v) is 1.84. The van der Waals surface area contributed by atoms with Crippen LogP contribution in [0.2, 0.25) is 10.0 Å². The van der Waals surface area contributed by atoms with Crippen LogP contribution in [-0.2, 0) is 0 Å². The molecule has 4 heteroatoms. The Labute approximate surface area is 109 Å². The van der Waals surface area contributed by atoms with Gasteiger partial charge in [0.1, 0.15) is 5.75 Å². The highest BCUT2D eigenvalue weighted by Gasteiger charge is 1.96. The predicted molar refractivity (Wildman–Crippen MR) is 71.8 cm³/mol. The maximum atomic E-state index is 9.14. The highest BCUT2D eigenvalue weighted by molar-refractivity contribution is 6.35. The summed E-state index contributed by atoms with van der Waals surface area (Å²) < 4.78 is 0. The fraction of sp³-hybridized carbons (Fsp3) is 0. The second-order valence-electron chi connectivity index (χ2n) is 3.48. The zero-order valence-electron chi connectivity index (χ0n) is 8.77. The summed E-state index contributed by atoms with van der Waals surface area (Å²) in [5, 5.41) is 10.2. The second kappa shape index (κ2) is 5.21. The van der Waals surface area contributed by atoms with Crippen LogP contribution in [0.3, 0.4) is 0 Å². The van der Waals surface area contributed by atoms with Gasteiger partial charge in [-0.1, -0.05) is 23.2 Å². The molecule has 0 unspecified atom stereocenters. The Morgan fingerprint density at radius 2 is 1.53 bits per heavy atom. The van der Waals surface area contributed by atoms with Crippen molar-refractivity contribution >= 4 is 35.1 Å². The average molecular weight is 266 g/mol. The first-order valence-corrected chi connectivity index (χ1v) is 5.68. The number of hydrogen-bond donors (Lipinski definition) is 1. The van der Waals surface area contributed by atoms with Crippen LogP contribution in [0.15, 0.2) is 47.5 Å². The first-order valence-electron chi connectivity index (χ1n) is 4.93. The van der Waals surface area contributed by atoms with E-state index in [1.165, 1.54) is 0 Å². The van der Waals surface area contributed by atoms with Gasteiger partial charge in [-0.05, 0) is 48.0 Å². The largest absolute Gasteiger partial charge is 0.508 e. The molecule has 0 radical (unpaired) electrons. The summed E-state index contributed by atoms with van der Waals surface area (Å²) in [6.45, 7) is 0. The van der Waals surface area contributed by atoms with Crippen LogP contribution in [0.5, 0.6) is 5.75 Å². The summed E-state index contributed by atoms with van der Waals surface area (Å²) in [6, 6.07) is 11.9. The maximum absolute atomic E-state index is 9.14. The summed E-state index contributed by atoms with van der Waals surface area (Å²) in [7, 11) is 0. The molecule has 0 aliphatic rings. The SMILES string of the molecule is Oc1ccc(C=Nc2cc(Cl)cc(Cl)c2)cc1. The van der Waals surface area contributed by atoms with Crippen LogP contribution < -0.4 is 0 Å². The molecule has 0 atom stereocenters. The van der Waals surface area contributed by atoms with Gasteiger partial charge in [0.15, 0.2) is 0 Å². The van der Waals surface area contributed by atoms with Crippen LogP contribution in [0.4, 0.5) is 5.69 Å². The van der Waals surface area contributed by atoms with Crippen molar-refractivity contribution in [3.63, 3.8) is 0 Å². The highest BCUT2D eigenvalue weighted by Crippen LogP contribution is 2.24. The molecule has 0 aromatic heterocycles. The Morgan fingerprint density at radius 1 is 0.941 bits per heavy atom. The van der Waals surface area contributed by atoms with Gasteiger partial charge < -0.3 is 5.11 Å². The van der Waals surface area contributed by atoms with E-state index in [9.17, 15) is 0 Å². The smallest absolute Gasteiger partial charge is 0.115 e. The van der Waals surface area contributed by atoms with Crippen molar-refractivity contribution in [2.75, 3.05) is 0 Å². The molecule has 0 fully saturated rings. The minimum atomic E-state index is 0.230. The monoisotopic (exact) mass is 265 g/mol. The Kier molecular flexibility index (Phi) is 3.67. The number of aliphatic imine (C=N–C) groups is 1. The topological polar surface area (TPSA) is 32.6 Å². The van der Waals surface area contributed by atoms with Crippen LogP contribution >= 0.6 is 23.2 Å². The Morgan fingerprint density at radius 3 is 2.12 bits per heavy atom. The second-order valence-corrected chi connectivity index (χ2v) is 4.35. The first-order chi connectivity index (χ1) is 8.13. The van der Waals surface area contributed by atoms with Crippen LogP contribution in [0.25, 0.3) is 0 Å². The summed E-state index contributed by atoms with van der Waals surface area (Å²) in [4.78, 5) is 4.25. The third kappa shape index (κ3) is 3.48. The number of benzene rings is 2. The Balaban J connectivity index is 2.22. The molecule has 0 saturated carbocycles. The number of nitrogens with zero attached hydrogens (tertiary/aromatic N) is 1. The molecule has 2 aromatic rings. The Hall–Kier alpha value is -1.51. The Bertz CT molecular complexity index is 530. The number of halogens is 2. The lowest BCUT2D eigenvalue weighted by Crippen LogP contribution is -1.79. The van der Waals surface area contributed by atoms with Gasteiger partial charge in [0.25, 0.3) is 0 Å². The summed E-state index contributed by atoms with van der Waals surface area (Å²) in [5.41, 5.74) is 1.58. The van der Waals surface area contributed by atoms with Gasteiger partial charge >= 0.3 is 0 Å². The number of phenols is 1. The lowest BCUT2D eigenvalue weighted by molar-refractivity contribution is 0.475. The van der Waals surface area contributed by atoms with E-state index in [0.717, 1.165) is 5.56 Å². The minimum absolute atomic E-state index is 0.230. The highest BCUT2D eigenvalue weighted by atomic mass is 35.5. The van der Waals surface area contributed by atoms with E-state index in [1.54, 1.807) is 48.7 Å². The number of aromatic hydroxyl groups is 1. The molecule has 0 heterocycles. The quantitative estimate of drug-likeness (QED) is 0.800. The summed E-state index contributed by atoms with van der Waals surface area (Å²) in [6.07, 6.45) is 1.68. The van der Waals surface area contributed by atoms with Gasteiger partial charge in [-0.3, -0.25) is 4.99 Å². The number of phenolic OH excluding ortho intramolecular Hbond substituents is 1. The summed E-state index contributed by atoms with van der Waals surface area (Å²) >= 11 is 11.7. The predicted octanol–water partition coefficient (Wildman–Crippen LogP) is 4.45. The van der Waals surface area contributed by atoms with E-state index in [1.807, 2.05) is 0 Å². The zero-order valence-corrected chi connectivity index (χ0v) is 10.3. The first kappa shape index (κ1) is 12.0. The van der Waals surface area contributed by atoms with E-state index in [4.69, 9.17) is 28.3 Å². The lowest BCUT2D eigenvalue weighted by Gasteiger charge is -1.97. The van der Waals surface area contributed by atoms with Crippen molar-refractivity contribution in [1.82, 2.24) is 0 Å². The van der Waals surface area contributed by atoms with Crippen LogP contribution in [0.1, 0.15) is 5.56 Å². The third-order valence-electron chi connectivity index (χ3n) is 2.10. The van der Waals surface area contributed by atoms with Crippen molar-refractivity contribution < 1.29 is 5.11 Å². The molecule has 0 bridgehead atoms. The molecule has 86 valence electrons. The average Bonchev–Trinajstić information content (AvgIpc) is 2.27. The van der Waals surface area contributed by atoms with Crippen molar-refractivity contribution in [2.24, 2.45) is 4.99 Å². The van der Waals surface area contributed by atoms with E-state index in [-0.39, 0.29) is 5.75 Å². The van der Waals surface area contributed by atoms with E-state index in [0.29, 0.717) is 15.7 Å². The van der Waals surface area contributed by atoms with Crippen molar-refractivity contribution in [3.05, 3.63) is 58.1 Å². The molecular formula is C13H9Cl2NO. The van der Waals surface area contributed by atoms with Gasteiger partial charge in [0, 0.05) is 16.3 Å². The number of rotatable bonds is 2. The normalized spacial score (nSPS) is 10.9. The van der Waals surface area contributed by atoms with E-state index < -0.39 is 0 Å². The van der Waals surface area contributed by atoms with Gasteiger partial charge in [-0.25, -0.2) is 0 Å². The number of hydrogen-bond acceptors (Lipinski definition) is 2.